The summed E-state index contributed by atoms with van der Waals surface area (Å²) >= 11 is 0. The molecule has 0 spiro atoms. The highest BCUT2D eigenvalue weighted by Crippen LogP contribution is 2.32. The Morgan fingerprint density at radius 3 is 2.64 bits per heavy atom. The number of rotatable bonds is 5. The molecule has 0 unspecified atom stereocenters. The van der Waals surface area contributed by atoms with E-state index < -0.39 is 0 Å². The second kappa shape index (κ2) is 7.24. The van der Waals surface area contributed by atoms with Gasteiger partial charge in [0.25, 0.3) is 0 Å². The fourth-order valence-corrected chi connectivity index (χ4v) is 3.99. The van der Waals surface area contributed by atoms with Crippen molar-refractivity contribution in [2.24, 2.45) is 0 Å². The van der Waals surface area contributed by atoms with Crippen molar-refractivity contribution in [2.75, 3.05) is 18.0 Å². The van der Waals surface area contributed by atoms with Gasteiger partial charge in [-0.25, -0.2) is 0 Å². The van der Waals surface area contributed by atoms with Crippen molar-refractivity contribution in [3.8, 4) is 28.1 Å². The summed E-state index contributed by atoms with van der Waals surface area (Å²) in [5.41, 5.74) is 3.18. The maximum Gasteiger partial charge on any atom is 0.151 e. The molecule has 2 aliphatic rings. The molecular weight excluding hydrogens is 352 g/mol. The van der Waals surface area contributed by atoms with E-state index in [1.807, 2.05) is 24.3 Å². The molecule has 1 saturated carbocycles. The Kier molecular flexibility index (Phi) is 4.44. The minimum Gasteiger partial charge on any atom is -0.507 e. The number of nitrogens with one attached hydrogen (secondary N) is 2. The van der Waals surface area contributed by atoms with Crippen molar-refractivity contribution in [3.63, 3.8) is 0 Å². The maximum absolute atomic E-state index is 10.5. The van der Waals surface area contributed by atoms with E-state index in [-0.39, 0.29) is 5.75 Å². The summed E-state index contributed by atoms with van der Waals surface area (Å²) in [6, 6.07) is 10.7. The Morgan fingerprint density at radius 1 is 1.04 bits per heavy atom. The van der Waals surface area contributed by atoms with Gasteiger partial charge in [0.2, 0.25) is 0 Å². The van der Waals surface area contributed by atoms with Crippen molar-refractivity contribution in [2.45, 2.75) is 37.8 Å². The van der Waals surface area contributed by atoms with Gasteiger partial charge >= 0.3 is 0 Å². The number of nitrogens with zero attached hydrogens (tertiary/aromatic N) is 4. The van der Waals surface area contributed by atoms with Crippen LogP contribution in [-0.4, -0.2) is 50.7 Å². The van der Waals surface area contributed by atoms with Crippen LogP contribution in [0.25, 0.3) is 22.4 Å². The van der Waals surface area contributed by atoms with E-state index >= 15 is 0 Å². The van der Waals surface area contributed by atoms with Gasteiger partial charge in [0.1, 0.15) is 5.75 Å². The van der Waals surface area contributed by atoms with E-state index in [0.29, 0.717) is 23.3 Å². The van der Waals surface area contributed by atoms with E-state index in [1.165, 1.54) is 19.3 Å². The Balaban J connectivity index is 1.29. The van der Waals surface area contributed by atoms with Crippen molar-refractivity contribution >= 4 is 5.82 Å². The number of aromatic hydroxyl groups is 1. The van der Waals surface area contributed by atoms with Crippen LogP contribution in [0.2, 0.25) is 0 Å². The molecule has 3 aromatic rings. The number of hydrogen-bond donors (Lipinski definition) is 3. The molecule has 28 heavy (non-hydrogen) atoms. The number of aromatic nitrogens is 4. The fourth-order valence-electron chi connectivity index (χ4n) is 3.99. The zero-order valence-electron chi connectivity index (χ0n) is 15.7. The molecule has 1 aromatic carbocycles. The number of phenols is 1. The van der Waals surface area contributed by atoms with Crippen molar-refractivity contribution in [1.29, 1.82) is 0 Å². The lowest BCUT2D eigenvalue weighted by atomic mass is 9.92. The van der Waals surface area contributed by atoms with Crippen LogP contribution in [0, 0.1) is 0 Å². The SMILES string of the molecule is Oc1cc(-c2cn[nH]c2)ccc1-c1ccc(N2CC[C@@H](NC3CCC3)C2)nn1. The molecule has 7 heteroatoms. The monoisotopic (exact) mass is 376 g/mol. The highest BCUT2D eigenvalue weighted by atomic mass is 16.3. The Hall–Kier alpha value is -2.93. The highest BCUT2D eigenvalue weighted by molar-refractivity contribution is 5.73. The van der Waals surface area contributed by atoms with Gasteiger partial charge in [-0.3, -0.25) is 5.10 Å². The van der Waals surface area contributed by atoms with Gasteiger partial charge < -0.3 is 15.3 Å². The minimum atomic E-state index is 0.187. The predicted octanol–water partition coefficient (Wildman–Crippen LogP) is 2.96. The third-order valence-electron chi connectivity index (χ3n) is 5.84. The zero-order chi connectivity index (χ0) is 18.9. The fraction of sp³-hybridized carbons (Fsp3) is 0.381. The topological polar surface area (TPSA) is 90.0 Å². The molecule has 2 aromatic heterocycles. The summed E-state index contributed by atoms with van der Waals surface area (Å²) < 4.78 is 0. The maximum atomic E-state index is 10.5. The molecule has 7 nitrogen and oxygen atoms in total. The summed E-state index contributed by atoms with van der Waals surface area (Å²) in [7, 11) is 0. The number of benzene rings is 1. The second-order valence-corrected chi connectivity index (χ2v) is 7.72. The molecule has 1 aliphatic carbocycles. The number of aromatic amines is 1. The molecule has 1 aliphatic heterocycles. The summed E-state index contributed by atoms with van der Waals surface area (Å²) in [6.07, 6.45) is 8.66. The van der Waals surface area contributed by atoms with Gasteiger partial charge in [0, 0.05) is 42.5 Å². The molecule has 0 radical (unpaired) electrons. The van der Waals surface area contributed by atoms with Gasteiger partial charge in [-0.05, 0) is 49.1 Å². The van der Waals surface area contributed by atoms with Crippen LogP contribution in [0.3, 0.4) is 0 Å². The van der Waals surface area contributed by atoms with Crippen LogP contribution in [0.1, 0.15) is 25.7 Å². The first kappa shape index (κ1) is 17.2. The Morgan fingerprint density at radius 2 is 1.96 bits per heavy atom. The third kappa shape index (κ3) is 3.33. The van der Waals surface area contributed by atoms with Gasteiger partial charge in [-0.1, -0.05) is 12.5 Å². The molecule has 3 heterocycles. The molecule has 144 valence electrons. The summed E-state index contributed by atoms with van der Waals surface area (Å²) in [6.45, 7) is 1.98. The van der Waals surface area contributed by atoms with Crippen LogP contribution < -0.4 is 10.2 Å². The van der Waals surface area contributed by atoms with E-state index in [2.05, 4.69) is 30.6 Å². The van der Waals surface area contributed by atoms with Gasteiger partial charge in [0.15, 0.2) is 5.82 Å². The normalized spacial score (nSPS) is 19.7. The van der Waals surface area contributed by atoms with Crippen LogP contribution in [-0.2, 0) is 0 Å². The van der Waals surface area contributed by atoms with Gasteiger partial charge in [-0.2, -0.15) is 5.10 Å². The van der Waals surface area contributed by atoms with E-state index in [1.54, 1.807) is 18.5 Å². The van der Waals surface area contributed by atoms with E-state index in [4.69, 9.17) is 0 Å². The first-order valence-electron chi connectivity index (χ1n) is 9.93. The van der Waals surface area contributed by atoms with Crippen molar-refractivity contribution < 1.29 is 5.11 Å². The first-order chi connectivity index (χ1) is 13.8. The number of anilines is 1. The van der Waals surface area contributed by atoms with E-state index in [9.17, 15) is 5.11 Å². The van der Waals surface area contributed by atoms with Crippen LogP contribution in [0.5, 0.6) is 5.75 Å². The first-order valence-corrected chi connectivity index (χ1v) is 9.93. The molecular formula is C21H24N6O. The summed E-state index contributed by atoms with van der Waals surface area (Å²) in [4.78, 5) is 2.29. The van der Waals surface area contributed by atoms with Crippen molar-refractivity contribution in [1.82, 2.24) is 25.7 Å². The molecule has 0 bridgehead atoms. The standard InChI is InChI=1S/C21H24N6O/c28-20-10-14(15-11-22-23-12-15)4-5-18(20)19-6-7-21(26-25-19)27-9-8-17(13-27)24-16-2-1-3-16/h4-7,10-12,16-17,24,28H,1-3,8-9,13H2,(H,22,23)/t17-/m1/s1. The molecule has 3 N–H and O–H groups in total. The van der Waals surface area contributed by atoms with Crippen LogP contribution in [0.4, 0.5) is 5.82 Å². The zero-order valence-corrected chi connectivity index (χ0v) is 15.7. The minimum absolute atomic E-state index is 0.187. The highest BCUT2D eigenvalue weighted by Gasteiger charge is 2.27. The number of phenolic OH excluding ortho intramolecular Hbond substituents is 1. The Labute approximate surface area is 163 Å². The van der Waals surface area contributed by atoms with Crippen LogP contribution in [0.15, 0.2) is 42.7 Å². The Bertz CT molecular complexity index is 936. The molecule has 1 saturated heterocycles. The smallest absolute Gasteiger partial charge is 0.151 e. The van der Waals surface area contributed by atoms with E-state index in [0.717, 1.165) is 36.5 Å². The van der Waals surface area contributed by atoms with Gasteiger partial charge in [-0.15, -0.1) is 10.2 Å². The lowest BCUT2D eigenvalue weighted by Gasteiger charge is -2.29. The summed E-state index contributed by atoms with van der Waals surface area (Å²) in [5, 5.41) is 29.7. The number of hydrogen-bond acceptors (Lipinski definition) is 6. The lowest BCUT2D eigenvalue weighted by molar-refractivity contribution is 0.311. The summed E-state index contributed by atoms with van der Waals surface area (Å²) in [5.74, 6) is 1.09. The molecule has 2 fully saturated rings. The quantitative estimate of drug-likeness (QED) is 0.634. The van der Waals surface area contributed by atoms with Crippen LogP contribution >= 0.6 is 0 Å². The molecule has 1 atom stereocenters. The van der Waals surface area contributed by atoms with Crippen molar-refractivity contribution in [3.05, 3.63) is 42.7 Å². The average molecular weight is 376 g/mol. The lowest BCUT2D eigenvalue weighted by Crippen LogP contribution is -2.43. The average Bonchev–Trinajstić information content (AvgIpc) is 3.37. The second-order valence-electron chi connectivity index (χ2n) is 7.72. The van der Waals surface area contributed by atoms with Gasteiger partial charge in [0.05, 0.1) is 11.9 Å². The molecule has 5 rings (SSSR count). The third-order valence-corrected chi connectivity index (χ3v) is 5.84. The number of H-pyrrole nitrogens is 1. The largest absolute Gasteiger partial charge is 0.507 e. The predicted molar refractivity (Wildman–Crippen MR) is 108 cm³/mol. The molecule has 0 amide bonds.